The number of nitrogens with one attached hydrogen (secondary N) is 4. The van der Waals surface area contributed by atoms with E-state index in [1.807, 2.05) is 0 Å². The summed E-state index contributed by atoms with van der Waals surface area (Å²) in [5, 5.41) is 17.3. The number of hydrogen-bond donors (Lipinski definition) is 4. The quantitative estimate of drug-likeness (QED) is 0.554. The summed E-state index contributed by atoms with van der Waals surface area (Å²) in [6, 6.07) is 5.22. The first-order valence-corrected chi connectivity index (χ1v) is 13.4. The van der Waals surface area contributed by atoms with E-state index in [0.717, 1.165) is 42.2 Å². The van der Waals surface area contributed by atoms with Crippen molar-refractivity contribution in [1.82, 2.24) is 21.5 Å². The summed E-state index contributed by atoms with van der Waals surface area (Å²) in [5.74, 6) is 4.73. The van der Waals surface area contributed by atoms with E-state index in [1.165, 1.54) is 64.3 Å². The highest BCUT2D eigenvalue weighted by atomic mass is 15.4. The van der Waals surface area contributed by atoms with E-state index in [9.17, 15) is 5.26 Å². The molecule has 5 aliphatic rings. The highest BCUT2D eigenvalue weighted by Gasteiger charge is 2.52. The number of piperidine rings is 2. The zero-order chi connectivity index (χ0) is 21.6. The molecule has 0 radical (unpaired) electrons. The van der Waals surface area contributed by atoms with Crippen LogP contribution in [-0.2, 0) is 0 Å². The molecule has 31 heavy (non-hydrogen) atoms. The lowest BCUT2D eigenvalue weighted by atomic mass is 9.60. The van der Waals surface area contributed by atoms with Crippen molar-refractivity contribution in [3.05, 3.63) is 0 Å². The molecule has 2 aliphatic carbocycles. The Morgan fingerprint density at radius 2 is 1.52 bits per heavy atom. The molecule has 5 rings (SSSR count). The molecule has 8 unspecified atom stereocenters. The van der Waals surface area contributed by atoms with E-state index in [0.29, 0.717) is 24.0 Å². The largest absolute Gasteiger partial charge is 0.314 e. The molecular weight excluding hydrogens is 382 g/mol. The molecule has 5 fully saturated rings. The van der Waals surface area contributed by atoms with Crippen molar-refractivity contribution in [1.29, 1.82) is 5.26 Å². The van der Waals surface area contributed by atoms with E-state index in [4.69, 9.17) is 0 Å². The minimum atomic E-state index is -0.170. The maximum Gasteiger partial charge on any atom is 0.0686 e. The first kappa shape index (κ1) is 22.1. The van der Waals surface area contributed by atoms with Crippen molar-refractivity contribution in [2.45, 2.75) is 103 Å². The third-order valence-corrected chi connectivity index (χ3v) is 10.3. The van der Waals surface area contributed by atoms with Gasteiger partial charge >= 0.3 is 0 Å². The lowest BCUT2D eigenvalue weighted by molar-refractivity contribution is 0.0452. The van der Waals surface area contributed by atoms with Gasteiger partial charge in [0.1, 0.15) is 0 Å². The van der Waals surface area contributed by atoms with Gasteiger partial charge in [-0.1, -0.05) is 0 Å². The van der Waals surface area contributed by atoms with Crippen molar-refractivity contribution in [2.75, 3.05) is 13.1 Å². The van der Waals surface area contributed by atoms with Crippen LogP contribution < -0.4 is 21.5 Å². The summed E-state index contributed by atoms with van der Waals surface area (Å²) in [7, 11) is 0. The zero-order valence-electron chi connectivity index (χ0n) is 20.0. The van der Waals surface area contributed by atoms with Crippen LogP contribution in [0.5, 0.6) is 0 Å². The molecule has 4 N–H and O–H groups in total. The number of hydrogen-bond acceptors (Lipinski definition) is 5. The third-order valence-electron chi connectivity index (χ3n) is 10.3. The molecule has 3 saturated heterocycles. The summed E-state index contributed by atoms with van der Waals surface area (Å²) < 4.78 is 0. The predicted octanol–water partition coefficient (Wildman–Crippen LogP) is 3.58. The number of hydrazine groups is 1. The van der Waals surface area contributed by atoms with Crippen molar-refractivity contribution >= 4 is 0 Å². The standard InChI is InChI=1S/C26H45N5/c1-16-4-5-19(13-28-16)18-8-11-22-21(12-18)24-23(14-29-22)30-31-25(24)17-6-9-20(10-7-17)26(2,3)15-27/h16-25,28-31H,4-14H2,1-3H3. The lowest BCUT2D eigenvalue weighted by Crippen LogP contribution is -2.59. The maximum absolute atomic E-state index is 9.57. The normalized spacial score (nSPS) is 48.5. The molecule has 0 aromatic carbocycles. The van der Waals surface area contributed by atoms with Crippen molar-refractivity contribution in [3.8, 4) is 6.07 Å². The van der Waals surface area contributed by atoms with Gasteiger partial charge < -0.3 is 10.6 Å². The third kappa shape index (κ3) is 4.31. The van der Waals surface area contributed by atoms with Crippen LogP contribution >= 0.6 is 0 Å². The summed E-state index contributed by atoms with van der Waals surface area (Å²) in [4.78, 5) is 0. The molecule has 0 spiro atoms. The van der Waals surface area contributed by atoms with Gasteiger partial charge in [-0.25, -0.2) is 0 Å². The summed E-state index contributed by atoms with van der Waals surface area (Å²) in [6.45, 7) is 8.99. The van der Waals surface area contributed by atoms with Crippen LogP contribution in [0.3, 0.4) is 0 Å². The molecule has 0 aromatic rings. The van der Waals surface area contributed by atoms with Crippen LogP contribution in [0.15, 0.2) is 0 Å². The fourth-order valence-electron chi connectivity index (χ4n) is 8.17. The zero-order valence-corrected chi connectivity index (χ0v) is 20.0. The Kier molecular flexibility index (Phi) is 6.38. The summed E-state index contributed by atoms with van der Waals surface area (Å²) in [6.07, 6.45) is 12.0. The van der Waals surface area contributed by atoms with Crippen LogP contribution in [-0.4, -0.2) is 37.3 Å². The van der Waals surface area contributed by atoms with Crippen LogP contribution in [0.4, 0.5) is 0 Å². The Hall–Kier alpha value is -0.670. The molecule has 0 bridgehead atoms. The average Bonchev–Trinajstić information content (AvgIpc) is 3.24. The van der Waals surface area contributed by atoms with E-state index in [2.05, 4.69) is 48.3 Å². The highest BCUT2D eigenvalue weighted by Crippen LogP contribution is 2.48. The molecule has 5 heteroatoms. The van der Waals surface area contributed by atoms with Gasteiger partial charge in [-0.15, -0.1) is 0 Å². The molecule has 3 aliphatic heterocycles. The molecule has 8 atom stereocenters. The Bertz CT molecular complexity index is 655. The molecule has 3 heterocycles. The fraction of sp³-hybridized carbons (Fsp3) is 0.962. The van der Waals surface area contributed by atoms with Gasteiger partial charge in [0.15, 0.2) is 0 Å². The second-order valence-corrected chi connectivity index (χ2v) is 12.3. The van der Waals surface area contributed by atoms with Crippen LogP contribution in [0.25, 0.3) is 0 Å². The van der Waals surface area contributed by atoms with Gasteiger partial charge in [0, 0.05) is 30.7 Å². The Morgan fingerprint density at radius 3 is 2.23 bits per heavy atom. The van der Waals surface area contributed by atoms with Gasteiger partial charge in [-0.05, 0) is 121 Å². The molecule has 5 nitrogen and oxygen atoms in total. The Labute approximate surface area is 189 Å². The molecule has 174 valence electrons. The Morgan fingerprint density at radius 1 is 0.774 bits per heavy atom. The lowest BCUT2D eigenvalue weighted by Gasteiger charge is -2.50. The minimum absolute atomic E-state index is 0.170. The smallest absolute Gasteiger partial charge is 0.0686 e. The molecule has 0 aromatic heterocycles. The van der Waals surface area contributed by atoms with Crippen LogP contribution in [0, 0.1) is 52.3 Å². The van der Waals surface area contributed by atoms with Gasteiger partial charge in [0.2, 0.25) is 0 Å². The van der Waals surface area contributed by atoms with E-state index in [-0.39, 0.29) is 5.41 Å². The number of nitrogens with zero attached hydrogens (tertiary/aromatic N) is 1. The minimum Gasteiger partial charge on any atom is -0.314 e. The van der Waals surface area contributed by atoms with Gasteiger partial charge in [0.25, 0.3) is 0 Å². The fourth-order valence-corrected chi connectivity index (χ4v) is 8.17. The van der Waals surface area contributed by atoms with Crippen molar-refractivity contribution in [3.63, 3.8) is 0 Å². The van der Waals surface area contributed by atoms with E-state index >= 15 is 0 Å². The number of nitriles is 1. The highest BCUT2D eigenvalue weighted by molar-refractivity contribution is 5.08. The van der Waals surface area contributed by atoms with Crippen LogP contribution in [0.2, 0.25) is 0 Å². The van der Waals surface area contributed by atoms with E-state index < -0.39 is 0 Å². The predicted molar refractivity (Wildman–Crippen MR) is 125 cm³/mol. The average molecular weight is 428 g/mol. The van der Waals surface area contributed by atoms with Gasteiger partial charge in [-0.3, -0.25) is 10.9 Å². The second kappa shape index (κ2) is 8.93. The van der Waals surface area contributed by atoms with Gasteiger partial charge in [-0.2, -0.15) is 5.26 Å². The molecule has 0 amide bonds. The SMILES string of the molecule is CC1CCC(C2CCC3NCC4NNC(C5CCC(C(C)(C)C#N)CC5)C4C3C2)CN1. The molecular formula is C26H45N5. The second-order valence-electron chi connectivity index (χ2n) is 12.3. The number of rotatable bonds is 3. The topological polar surface area (TPSA) is 71.9 Å². The van der Waals surface area contributed by atoms with E-state index in [1.54, 1.807) is 0 Å². The van der Waals surface area contributed by atoms with Gasteiger partial charge in [0.05, 0.1) is 11.5 Å². The summed E-state index contributed by atoms with van der Waals surface area (Å²) in [5.41, 5.74) is 7.35. The van der Waals surface area contributed by atoms with Crippen LogP contribution in [0.1, 0.15) is 78.6 Å². The van der Waals surface area contributed by atoms with Crippen molar-refractivity contribution < 1.29 is 0 Å². The monoisotopic (exact) mass is 427 g/mol. The first-order chi connectivity index (χ1) is 15.0. The summed E-state index contributed by atoms with van der Waals surface area (Å²) >= 11 is 0. The Balaban J connectivity index is 1.25. The van der Waals surface area contributed by atoms with Crippen molar-refractivity contribution in [2.24, 2.45) is 40.9 Å². The molecule has 2 saturated carbocycles. The first-order valence-electron chi connectivity index (χ1n) is 13.4. The number of fused-ring (bicyclic) bond motifs is 3. The maximum atomic E-state index is 9.57.